The van der Waals surface area contributed by atoms with Gasteiger partial charge in [-0.1, -0.05) is 0 Å². The third-order valence-electron chi connectivity index (χ3n) is 0.958. The maximum atomic E-state index is 12.3. The van der Waals surface area contributed by atoms with Crippen LogP contribution in [0.15, 0.2) is 18.5 Å². The first-order chi connectivity index (χ1) is 4.61. The molecule has 4 heteroatoms. The van der Waals surface area contributed by atoms with Crippen molar-refractivity contribution in [1.29, 1.82) is 0 Å². The zero-order valence-electron chi connectivity index (χ0n) is 5.38. The van der Waals surface area contributed by atoms with Crippen LogP contribution in [0.1, 0.15) is 12.7 Å². The molecule has 54 valence electrons. The van der Waals surface area contributed by atoms with Crippen LogP contribution < -0.4 is 0 Å². The molecule has 0 aromatic carbocycles. The Morgan fingerprint density at radius 2 is 1.80 bits per heavy atom. The number of rotatable bonds is 1. The second-order valence-electron chi connectivity index (χ2n) is 1.96. The molecule has 0 N–H and O–H groups in total. The van der Waals surface area contributed by atoms with E-state index in [2.05, 4.69) is 9.97 Å². The molecule has 1 heterocycles. The van der Waals surface area contributed by atoms with Crippen molar-refractivity contribution in [2.24, 2.45) is 0 Å². The quantitative estimate of drug-likeness (QED) is 0.598. The van der Waals surface area contributed by atoms with Gasteiger partial charge >= 0.3 is 5.92 Å². The number of nitrogens with zero attached hydrogens (tertiary/aromatic N) is 2. The van der Waals surface area contributed by atoms with E-state index in [-0.39, 0.29) is 0 Å². The smallest absolute Gasteiger partial charge is 0.236 e. The monoisotopic (exact) mass is 144 g/mol. The van der Waals surface area contributed by atoms with Crippen molar-refractivity contribution in [2.75, 3.05) is 0 Å². The molecule has 0 amide bonds. The van der Waals surface area contributed by atoms with Crippen LogP contribution in [0.25, 0.3) is 0 Å². The van der Waals surface area contributed by atoms with Gasteiger partial charge < -0.3 is 0 Å². The van der Waals surface area contributed by atoms with E-state index in [0.29, 0.717) is 0 Å². The second kappa shape index (κ2) is 2.28. The van der Waals surface area contributed by atoms with Crippen molar-refractivity contribution in [2.45, 2.75) is 12.8 Å². The molecular weight excluding hydrogens is 138 g/mol. The van der Waals surface area contributed by atoms with Gasteiger partial charge in [0.2, 0.25) is 0 Å². The molecule has 0 aliphatic rings. The lowest BCUT2D eigenvalue weighted by Gasteiger charge is -2.05. The molecule has 1 aromatic rings. The fourth-order valence-electron chi connectivity index (χ4n) is 0.526. The summed E-state index contributed by atoms with van der Waals surface area (Å²) in [7, 11) is 0. The molecule has 10 heavy (non-hydrogen) atoms. The predicted molar refractivity (Wildman–Crippen MR) is 31.6 cm³/mol. The lowest BCUT2D eigenvalue weighted by Crippen LogP contribution is -2.11. The molecule has 0 atom stereocenters. The number of hydrogen-bond acceptors (Lipinski definition) is 2. The summed E-state index contributed by atoms with van der Waals surface area (Å²) >= 11 is 0. The van der Waals surface area contributed by atoms with Gasteiger partial charge in [0.1, 0.15) is 0 Å². The van der Waals surface area contributed by atoms with E-state index < -0.39 is 11.7 Å². The van der Waals surface area contributed by atoms with Crippen LogP contribution in [0.4, 0.5) is 8.78 Å². The van der Waals surface area contributed by atoms with Crippen molar-refractivity contribution in [3.63, 3.8) is 0 Å². The first-order valence-corrected chi connectivity index (χ1v) is 2.76. The van der Waals surface area contributed by atoms with E-state index in [9.17, 15) is 8.78 Å². The molecule has 1 aromatic heterocycles. The van der Waals surface area contributed by atoms with E-state index in [1.54, 1.807) is 0 Å². The van der Waals surface area contributed by atoms with Crippen molar-refractivity contribution >= 4 is 0 Å². The number of hydrogen-bond donors (Lipinski definition) is 0. The summed E-state index contributed by atoms with van der Waals surface area (Å²) in [5, 5.41) is 0. The molecule has 0 unspecified atom stereocenters. The third kappa shape index (κ3) is 1.46. The lowest BCUT2D eigenvalue weighted by atomic mass is 10.3. The minimum atomic E-state index is -2.93. The third-order valence-corrected chi connectivity index (χ3v) is 0.958. The van der Waals surface area contributed by atoms with Crippen molar-refractivity contribution in [3.8, 4) is 0 Å². The number of halogens is 2. The number of alkyl halides is 2. The molecule has 0 aliphatic heterocycles. The molecular formula is C6H6F2N2. The summed E-state index contributed by atoms with van der Waals surface area (Å²) in [4.78, 5) is 6.78. The zero-order chi connectivity index (χ0) is 7.61. The van der Waals surface area contributed by atoms with Crippen LogP contribution in [0.3, 0.4) is 0 Å². The van der Waals surface area contributed by atoms with Crippen molar-refractivity contribution < 1.29 is 8.78 Å². The Hall–Kier alpha value is -1.06. The highest BCUT2D eigenvalue weighted by atomic mass is 19.3. The summed E-state index contributed by atoms with van der Waals surface area (Å²) in [6.45, 7) is 0.766. The van der Waals surface area contributed by atoms with Crippen LogP contribution in [-0.2, 0) is 5.92 Å². The van der Waals surface area contributed by atoms with E-state index in [0.717, 1.165) is 6.92 Å². The van der Waals surface area contributed by atoms with Gasteiger partial charge in [-0.15, -0.1) is 0 Å². The summed E-state index contributed by atoms with van der Waals surface area (Å²) in [5.74, 6) is -3.36. The fourth-order valence-corrected chi connectivity index (χ4v) is 0.526. The largest absolute Gasteiger partial charge is 0.303 e. The molecule has 0 bridgehead atoms. The van der Waals surface area contributed by atoms with Crippen LogP contribution in [0.2, 0.25) is 0 Å². The van der Waals surface area contributed by atoms with Crippen molar-refractivity contribution in [3.05, 3.63) is 24.3 Å². The first-order valence-electron chi connectivity index (χ1n) is 2.76. The minimum Gasteiger partial charge on any atom is -0.236 e. The van der Waals surface area contributed by atoms with Gasteiger partial charge in [-0.2, -0.15) is 8.78 Å². The molecule has 0 aliphatic carbocycles. The van der Waals surface area contributed by atoms with Crippen molar-refractivity contribution in [1.82, 2.24) is 9.97 Å². The van der Waals surface area contributed by atoms with Gasteiger partial charge in [0, 0.05) is 19.3 Å². The fraction of sp³-hybridized carbons (Fsp3) is 0.333. The Morgan fingerprint density at radius 1 is 1.30 bits per heavy atom. The van der Waals surface area contributed by atoms with E-state index >= 15 is 0 Å². The van der Waals surface area contributed by atoms with Crippen LogP contribution >= 0.6 is 0 Å². The van der Waals surface area contributed by atoms with Crippen LogP contribution in [-0.4, -0.2) is 9.97 Å². The SMILES string of the molecule is CC(F)(F)c1ncccn1. The van der Waals surface area contributed by atoms with Gasteiger partial charge in [-0.05, 0) is 6.07 Å². The Balaban J connectivity index is 2.97. The van der Waals surface area contributed by atoms with Gasteiger partial charge in [0.25, 0.3) is 0 Å². The molecule has 0 spiro atoms. The second-order valence-corrected chi connectivity index (χ2v) is 1.96. The molecule has 0 saturated carbocycles. The molecule has 1 rings (SSSR count). The maximum Gasteiger partial charge on any atom is 0.303 e. The van der Waals surface area contributed by atoms with E-state index in [1.807, 2.05) is 0 Å². The topological polar surface area (TPSA) is 25.8 Å². The lowest BCUT2D eigenvalue weighted by molar-refractivity contribution is 0.00767. The van der Waals surface area contributed by atoms with Crippen LogP contribution in [0.5, 0.6) is 0 Å². The summed E-state index contributed by atoms with van der Waals surface area (Å²) in [6.07, 6.45) is 2.58. The van der Waals surface area contributed by atoms with E-state index in [4.69, 9.17) is 0 Å². The minimum absolute atomic E-state index is 0.435. The summed E-state index contributed by atoms with van der Waals surface area (Å²) in [5.41, 5.74) is 0. The van der Waals surface area contributed by atoms with Crippen LogP contribution in [0, 0.1) is 0 Å². The average molecular weight is 144 g/mol. The standard InChI is InChI=1S/C6H6F2N2/c1-6(7,8)5-9-3-2-4-10-5/h2-4H,1H3. The first kappa shape index (κ1) is 7.05. The predicted octanol–water partition coefficient (Wildman–Crippen LogP) is 1.59. The summed E-state index contributed by atoms with van der Waals surface area (Å²) < 4.78 is 24.7. The molecule has 2 nitrogen and oxygen atoms in total. The normalized spacial score (nSPS) is 11.5. The Bertz CT molecular complexity index is 205. The van der Waals surface area contributed by atoms with Gasteiger partial charge in [-0.3, -0.25) is 0 Å². The Kier molecular flexibility index (Phi) is 1.61. The molecule has 0 radical (unpaired) electrons. The van der Waals surface area contributed by atoms with Gasteiger partial charge in [-0.25, -0.2) is 9.97 Å². The summed E-state index contributed by atoms with van der Waals surface area (Å²) in [6, 6.07) is 1.50. The Labute approximate surface area is 56.9 Å². The highest BCUT2D eigenvalue weighted by Crippen LogP contribution is 2.21. The van der Waals surface area contributed by atoms with Gasteiger partial charge in [0.05, 0.1) is 0 Å². The number of aromatic nitrogens is 2. The van der Waals surface area contributed by atoms with Gasteiger partial charge in [0.15, 0.2) is 5.82 Å². The average Bonchev–Trinajstić information content (AvgIpc) is 1.88. The zero-order valence-corrected chi connectivity index (χ0v) is 5.38. The van der Waals surface area contributed by atoms with E-state index in [1.165, 1.54) is 18.5 Å². The Morgan fingerprint density at radius 3 is 2.10 bits per heavy atom. The highest BCUT2D eigenvalue weighted by Gasteiger charge is 2.26. The molecule has 0 fully saturated rings. The maximum absolute atomic E-state index is 12.3. The molecule has 0 saturated heterocycles. The highest BCUT2D eigenvalue weighted by molar-refractivity contribution is 4.94.